The number of thiophene rings is 1. The number of hydrogen-bond donors (Lipinski definition) is 1. The highest BCUT2D eigenvalue weighted by Gasteiger charge is 2.24. The molecule has 0 spiro atoms. The van der Waals surface area contributed by atoms with Gasteiger partial charge in [-0.1, -0.05) is 11.6 Å². The number of fused-ring (bicyclic) bond motifs is 2. The van der Waals surface area contributed by atoms with Crippen molar-refractivity contribution in [1.82, 2.24) is 5.32 Å². The first-order valence-electron chi connectivity index (χ1n) is 9.38. The molecule has 4 rings (SSSR count). The maximum atomic E-state index is 11.7. The molecule has 140 valence electrons. The zero-order valence-electron chi connectivity index (χ0n) is 15.4. The van der Waals surface area contributed by atoms with E-state index in [0.717, 1.165) is 42.8 Å². The van der Waals surface area contributed by atoms with Crippen LogP contribution in [0.15, 0.2) is 41.3 Å². The smallest absolute Gasteiger partial charge is 0.330 e. The normalized spacial score (nSPS) is 16.5. The summed E-state index contributed by atoms with van der Waals surface area (Å²) in [4.78, 5) is 13.0. The molecule has 0 aliphatic carbocycles. The number of carbonyl (C=O) groups is 1. The van der Waals surface area contributed by atoms with Gasteiger partial charge in [-0.15, -0.1) is 11.3 Å². The Labute approximate surface area is 163 Å². The van der Waals surface area contributed by atoms with Gasteiger partial charge >= 0.3 is 5.97 Å². The van der Waals surface area contributed by atoms with Gasteiger partial charge in [-0.25, -0.2) is 4.79 Å². The highest BCUT2D eigenvalue weighted by Crippen LogP contribution is 2.43. The average molecular weight is 381 g/mol. The van der Waals surface area contributed by atoms with E-state index < -0.39 is 0 Å². The van der Waals surface area contributed by atoms with Crippen molar-refractivity contribution < 1.29 is 14.3 Å². The van der Waals surface area contributed by atoms with Gasteiger partial charge in [0.15, 0.2) is 0 Å². The van der Waals surface area contributed by atoms with Crippen molar-refractivity contribution in [3.8, 4) is 5.75 Å². The Bertz CT molecular complexity index is 902. The molecular weight excluding hydrogens is 358 g/mol. The first-order chi connectivity index (χ1) is 13.3. The number of nitrogens with one attached hydrogen (secondary N) is 1. The van der Waals surface area contributed by atoms with E-state index in [1.54, 1.807) is 11.3 Å². The summed E-state index contributed by atoms with van der Waals surface area (Å²) in [5.41, 5.74) is 6.15. The molecule has 2 aromatic rings. The van der Waals surface area contributed by atoms with E-state index in [0.29, 0.717) is 13.2 Å². The molecule has 0 saturated carbocycles. The van der Waals surface area contributed by atoms with Crippen LogP contribution in [0.1, 0.15) is 41.3 Å². The molecule has 3 heterocycles. The highest BCUT2D eigenvalue weighted by atomic mass is 32.1. The molecule has 0 radical (unpaired) electrons. The van der Waals surface area contributed by atoms with Crippen molar-refractivity contribution in [3.63, 3.8) is 0 Å². The largest absolute Gasteiger partial charge is 0.488 e. The molecule has 1 N–H and O–H groups in total. The van der Waals surface area contributed by atoms with Crippen LogP contribution in [0.2, 0.25) is 0 Å². The summed E-state index contributed by atoms with van der Waals surface area (Å²) in [7, 11) is 0. The zero-order valence-corrected chi connectivity index (χ0v) is 16.2. The summed E-state index contributed by atoms with van der Waals surface area (Å²) in [6, 6.07) is 8.29. The van der Waals surface area contributed by atoms with Crippen LogP contribution in [0.5, 0.6) is 5.75 Å². The first kappa shape index (κ1) is 18.0. The molecule has 4 nitrogen and oxygen atoms in total. The van der Waals surface area contributed by atoms with Crippen LogP contribution in [0.4, 0.5) is 0 Å². The van der Waals surface area contributed by atoms with Gasteiger partial charge in [0.05, 0.1) is 6.61 Å². The number of benzene rings is 1. The maximum absolute atomic E-state index is 11.7. The van der Waals surface area contributed by atoms with Gasteiger partial charge in [-0.05, 0) is 68.1 Å². The number of carbonyl (C=O) groups excluding carboxylic acids is 1. The molecule has 27 heavy (non-hydrogen) atoms. The van der Waals surface area contributed by atoms with E-state index >= 15 is 0 Å². The molecule has 0 amide bonds. The third-order valence-corrected chi connectivity index (χ3v) is 5.86. The summed E-state index contributed by atoms with van der Waals surface area (Å²) in [6.45, 7) is 4.81. The number of esters is 1. The summed E-state index contributed by atoms with van der Waals surface area (Å²) in [5.74, 6) is 0.592. The molecule has 5 heteroatoms. The lowest BCUT2D eigenvalue weighted by atomic mass is 9.90. The molecule has 1 fully saturated rings. The lowest BCUT2D eigenvalue weighted by Gasteiger charge is -2.21. The summed E-state index contributed by atoms with van der Waals surface area (Å²) >= 11 is 1.78. The number of ether oxygens (including phenoxy) is 2. The van der Waals surface area contributed by atoms with Crippen LogP contribution in [-0.4, -0.2) is 25.7 Å². The van der Waals surface area contributed by atoms with Crippen molar-refractivity contribution >= 4 is 29.0 Å². The average Bonchev–Trinajstić information content (AvgIpc) is 3.09. The predicted molar refractivity (Wildman–Crippen MR) is 109 cm³/mol. The van der Waals surface area contributed by atoms with Crippen LogP contribution < -0.4 is 10.1 Å². The molecule has 0 bridgehead atoms. The Morgan fingerprint density at radius 1 is 1.30 bits per heavy atom. The standard InChI is InChI=1S/C22H23NO3S/c1-2-25-20(24)6-4-15-3-5-19-18(13-15)21(16-7-10-23-11-8-16)22-17(14-26-19)9-12-27-22/h3-6,9,12-13,23H,2,7-8,10-11,14H2,1H3/b6-4+. The molecule has 1 aromatic heterocycles. The Morgan fingerprint density at radius 3 is 2.96 bits per heavy atom. The third kappa shape index (κ3) is 3.84. The number of rotatable bonds is 3. The van der Waals surface area contributed by atoms with Gasteiger partial charge in [-0.3, -0.25) is 0 Å². The van der Waals surface area contributed by atoms with Crippen molar-refractivity contribution in [1.29, 1.82) is 0 Å². The minimum Gasteiger partial charge on any atom is -0.488 e. The summed E-state index contributed by atoms with van der Waals surface area (Å²) < 4.78 is 11.1. The van der Waals surface area contributed by atoms with Gasteiger partial charge in [-0.2, -0.15) is 0 Å². The lowest BCUT2D eigenvalue weighted by molar-refractivity contribution is -0.137. The molecule has 2 aliphatic heterocycles. The van der Waals surface area contributed by atoms with Crippen LogP contribution >= 0.6 is 11.3 Å². The predicted octanol–water partition coefficient (Wildman–Crippen LogP) is 4.40. The van der Waals surface area contributed by atoms with Gasteiger partial charge in [0.2, 0.25) is 0 Å². The fourth-order valence-electron chi connectivity index (χ4n) is 3.60. The van der Waals surface area contributed by atoms with E-state index in [4.69, 9.17) is 9.47 Å². The van der Waals surface area contributed by atoms with Crippen LogP contribution in [0, 0.1) is 0 Å². The summed E-state index contributed by atoms with van der Waals surface area (Å²) in [6.07, 6.45) is 5.39. The van der Waals surface area contributed by atoms with E-state index in [2.05, 4.69) is 22.8 Å². The maximum Gasteiger partial charge on any atom is 0.330 e. The fraction of sp³-hybridized carbons (Fsp3) is 0.318. The molecule has 0 unspecified atom stereocenters. The van der Waals surface area contributed by atoms with Crippen molar-refractivity contribution in [3.05, 3.63) is 62.9 Å². The second-order valence-corrected chi connectivity index (χ2v) is 7.55. The van der Waals surface area contributed by atoms with Gasteiger partial charge < -0.3 is 14.8 Å². The quantitative estimate of drug-likeness (QED) is 0.632. The Balaban J connectivity index is 1.79. The SMILES string of the molecule is CCOC(=O)/C=C/c1ccc2c(c1)C(=C1CCNCC1)c1sccc1CO2. The van der Waals surface area contributed by atoms with E-state index in [1.807, 2.05) is 25.1 Å². The summed E-state index contributed by atoms with van der Waals surface area (Å²) in [5, 5.41) is 5.59. The fourth-order valence-corrected chi connectivity index (χ4v) is 4.62. The Hall–Kier alpha value is -2.37. The lowest BCUT2D eigenvalue weighted by Crippen LogP contribution is -2.23. The minimum absolute atomic E-state index is 0.318. The van der Waals surface area contributed by atoms with Crippen molar-refractivity contribution in [2.24, 2.45) is 0 Å². The van der Waals surface area contributed by atoms with E-state index in [9.17, 15) is 4.79 Å². The molecule has 2 aliphatic rings. The molecule has 1 saturated heterocycles. The molecule has 0 atom stereocenters. The van der Waals surface area contributed by atoms with Crippen LogP contribution in [0.3, 0.4) is 0 Å². The van der Waals surface area contributed by atoms with E-state index in [1.165, 1.54) is 27.7 Å². The highest BCUT2D eigenvalue weighted by molar-refractivity contribution is 7.11. The number of piperidine rings is 1. The third-order valence-electron chi connectivity index (χ3n) is 4.89. The Kier molecular flexibility index (Phi) is 5.41. The van der Waals surface area contributed by atoms with Crippen molar-refractivity contribution in [2.75, 3.05) is 19.7 Å². The molecule has 1 aromatic carbocycles. The minimum atomic E-state index is -0.318. The monoisotopic (exact) mass is 381 g/mol. The molecular formula is C22H23NO3S. The van der Waals surface area contributed by atoms with Crippen LogP contribution in [0.25, 0.3) is 11.6 Å². The van der Waals surface area contributed by atoms with Gasteiger partial charge in [0.1, 0.15) is 12.4 Å². The van der Waals surface area contributed by atoms with Crippen molar-refractivity contribution in [2.45, 2.75) is 26.4 Å². The zero-order chi connectivity index (χ0) is 18.6. The second kappa shape index (κ2) is 8.11. The van der Waals surface area contributed by atoms with Gasteiger partial charge in [0.25, 0.3) is 0 Å². The van der Waals surface area contributed by atoms with Crippen LogP contribution in [-0.2, 0) is 16.1 Å². The number of hydrogen-bond acceptors (Lipinski definition) is 5. The first-order valence-corrected chi connectivity index (χ1v) is 10.3. The topological polar surface area (TPSA) is 47.6 Å². The van der Waals surface area contributed by atoms with Gasteiger partial charge in [0, 0.05) is 27.7 Å². The second-order valence-electron chi connectivity index (χ2n) is 6.63. The Morgan fingerprint density at radius 2 is 2.15 bits per heavy atom. The van der Waals surface area contributed by atoms with E-state index in [-0.39, 0.29) is 5.97 Å².